The fraction of sp³-hybridized carbons (Fsp3) is 0.370. The van der Waals surface area contributed by atoms with E-state index in [0.29, 0.717) is 25.4 Å². The summed E-state index contributed by atoms with van der Waals surface area (Å²) in [6.07, 6.45) is 5.98. The number of amides is 2. The molecule has 1 aliphatic carbocycles. The normalized spacial score (nSPS) is 18.4. The van der Waals surface area contributed by atoms with E-state index in [1.807, 2.05) is 41.3 Å². The van der Waals surface area contributed by atoms with Crippen molar-refractivity contribution in [2.45, 2.75) is 50.6 Å². The van der Waals surface area contributed by atoms with Crippen molar-refractivity contribution >= 4 is 11.8 Å². The number of H-pyrrole nitrogens is 1. The van der Waals surface area contributed by atoms with Gasteiger partial charge in [0.15, 0.2) is 0 Å². The second kappa shape index (κ2) is 8.31. The molecule has 3 aliphatic rings. The summed E-state index contributed by atoms with van der Waals surface area (Å²) in [4.78, 5) is 28.3. The van der Waals surface area contributed by atoms with Crippen molar-refractivity contribution in [2.75, 3.05) is 13.2 Å². The minimum Gasteiger partial charge on any atom is -0.493 e. The van der Waals surface area contributed by atoms with Crippen LogP contribution in [0.1, 0.15) is 64.1 Å². The first-order valence-corrected chi connectivity index (χ1v) is 12.1. The molecule has 0 unspecified atom stereocenters. The number of nitrogens with one attached hydrogen (secondary N) is 2. The Morgan fingerprint density at radius 1 is 1.09 bits per heavy atom. The molecule has 174 valence electrons. The van der Waals surface area contributed by atoms with Crippen LogP contribution in [0.15, 0.2) is 48.5 Å². The largest absolute Gasteiger partial charge is 0.493 e. The smallest absolute Gasteiger partial charge is 0.269 e. The zero-order chi connectivity index (χ0) is 23.1. The van der Waals surface area contributed by atoms with E-state index in [1.165, 1.54) is 12.0 Å². The topological polar surface area (TPSA) is 87.3 Å². The van der Waals surface area contributed by atoms with E-state index in [1.54, 1.807) is 6.07 Å². The number of hydrogen-bond acceptors (Lipinski definition) is 4. The average molecular weight is 457 g/mol. The molecular formula is C27H28N4O3. The van der Waals surface area contributed by atoms with E-state index in [0.717, 1.165) is 60.2 Å². The summed E-state index contributed by atoms with van der Waals surface area (Å²) < 4.78 is 5.58. The second-order valence-corrected chi connectivity index (χ2v) is 9.60. The van der Waals surface area contributed by atoms with E-state index in [4.69, 9.17) is 4.74 Å². The Morgan fingerprint density at radius 2 is 1.94 bits per heavy atom. The van der Waals surface area contributed by atoms with Gasteiger partial charge in [-0.15, -0.1) is 0 Å². The molecule has 3 aromatic rings. The van der Waals surface area contributed by atoms with Crippen LogP contribution < -0.4 is 10.1 Å². The van der Waals surface area contributed by atoms with E-state index in [2.05, 4.69) is 21.6 Å². The van der Waals surface area contributed by atoms with E-state index in [9.17, 15) is 9.59 Å². The van der Waals surface area contributed by atoms with Crippen LogP contribution in [-0.2, 0) is 13.0 Å². The molecular weight excluding hydrogens is 428 g/mol. The molecule has 1 aromatic heterocycles. The molecule has 7 heteroatoms. The van der Waals surface area contributed by atoms with Crippen LogP contribution in [-0.4, -0.2) is 45.6 Å². The monoisotopic (exact) mass is 456 g/mol. The highest BCUT2D eigenvalue weighted by Crippen LogP contribution is 2.39. The summed E-state index contributed by atoms with van der Waals surface area (Å²) in [5.74, 6) is 0.808. The molecule has 0 saturated heterocycles. The summed E-state index contributed by atoms with van der Waals surface area (Å²) >= 11 is 0. The Balaban J connectivity index is 1.19. The van der Waals surface area contributed by atoms with Gasteiger partial charge in [-0.05, 0) is 54.3 Å². The zero-order valence-corrected chi connectivity index (χ0v) is 19.1. The van der Waals surface area contributed by atoms with Crippen LogP contribution in [0.5, 0.6) is 5.75 Å². The first-order valence-electron chi connectivity index (χ1n) is 12.1. The van der Waals surface area contributed by atoms with Crippen LogP contribution in [0.2, 0.25) is 0 Å². The maximum atomic E-state index is 13.2. The van der Waals surface area contributed by atoms with Gasteiger partial charge in [-0.3, -0.25) is 14.7 Å². The number of carbonyl (C=O) groups excluding carboxylic acids is 2. The lowest BCUT2D eigenvalue weighted by atomic mass is 9.80. The number of rotatable bonds is 5. The van der Waals surface area contributed by atoms with Gasteiger partial charge in [0.05, 0.1) is 17.8 Å². The first-order chi connectivity index (χ1) is 16.6. The third-order valence-electron chi connectivity index (χ3n) is 7.56. The number of ether oxygens (including phenoxy) is 1. The number of benzene rings is 2. The molecule has 2 aromatic carbocycles. The third kappa shape index (κ3) is 3.56. The van der Waals surface area contributed by atoms with Crippen molar-refractivity contribution in [2.24, 2.45) is 0 Å². The first kappa shape index (κ1) is 21.0. The van der Waals surface area contributed by atoms with E-state index in [-0.39, 0.29) is 17.4 Å². The number of aromatic nitrogens is 2. The van der Waals surface area contributed by atoms with Gasteiger partial charge in [0.2, 0.25) is 0 Å². The van der Waals surface area contributed by atoms with Gasteiger partial charge in [-0.25, -0.2) is 0 Å². The van der Waals surface area contributed by atoms with Crippen LogP contribution in [0.25, 0.3) is 11.3 Å². The fourth-order valence-electron chi connectivity index (χ4n) is 5.66. The van der Waals surface area contributed by atoms with Crippen molar-refractivity contribution in [1.82, 2.24) is 20.4 Å². The lowest BCUT2D eigenvalue weighted by Gasteiger charge is -2.44. The Bertz CT molecular complexity index is 1260. The molecule has 3 heterocycles. The molecule has 1 saturated carbocycles. The summed E-state index contributed by atoms with van der Waals surface area (Å²) in [6.45, 7) is 1.76. The maximum Gasteiger partial charge on any atom is 0.269 e. The van der Waals surface area contributed by atoms with Crippen molar-refractivity contribution < 1.29 is 14.3 Å². The average Bonchev–Trinajstić information content (AvgIpc) is 3.62. The summed E-state index contributed by atoms with van der Waals surface area (Å²) in [6, 6.07) is 15.6. The van der Waals surface area contributed by atoms with Gasteiger partial charge in [0.25, 0.3) is 11.8 Å². The second-order valence-electron chi connectivity index (χ2n) is 9.60. The number of fused-ring (bicyclic) bond motifs is 2. The van der Waals surface area contributed by atoms with Gasteiger partial charge >= 0.3 is 0 Å². The van der Waals surface area contributed by atoms with Crippen molar-refractivity contribution in [1.29, 1.82) is 0 Å². The quantitative estimate of drug-likeness (QED) is 0.605. The lowest BCUT2D eigenvalue weighted by Crippen LogP contribution is -2.56. The highest BCUT2D eigenvalue weighted by atomic mass is 16.5. The minimum absolute atomic E-state index is 0.0798. The Labute approximate surface area is 198 Å². The molecule has 7 nitrogen and oxygen atoms in total. The molecule has 2 N–H and O–H groups in total. The van der Waals surface area contributed by atoms with Crippen LogP contribution >= 0.6 is 0 Å². The maximum absolute atomic E-state index is 13.2. The molecule has 2 aliphatic heterocycles. The van der Waals surface area contributed by atoms with Gasteiger partial charge in [-0.1, -0.05) is 37.5 Å². The summed E-state index contributed by atoms with van der Waals surface area (Å²) in [5, 5.41) is 10.4. The predicted octanol–water partition coefficient (Wildman–Crippen LogP) is 4.10. The molecule has 0 radical (unpaired) electrons. The highest BCUT2D eigenvalue weighted by molar-refractivity contribution is 5.99. The van der Waals surface area contributed by atoms with Crippen molar-refractivity contribution in [3.8, 4) is 17.0 Å². The number of carbonyl (C=O) groups is 2. The Morgan fingerprint density at radius 3 is 2.79 bits per heavy atom. The Kier molecular flexibility index (Phi) is 5.12. The highest BCUT2D eigenvalue weighted by Gasteiger charge is 2.44. The lowest BCUT2D eigenvalue weighted by molar-refractivity contribution is 0.0344. The molecule has 34 heavy (non-hydrogen) atoms. The molecule has 6 rings (SSSR count). The SMILES string of the molecule is O=C(NCC1(N2Cc3ccccc3C2=O)CCCCC1)c1cc(-c2ccc3c(c2)CCO3)n[nH]1. The van der Waals surface area contributed by atoms with Crippen molar-refractivity contribution in [3.63, 3.8) is 0 Å². The minimum atomic E-state index is -0.354. The summed E-state index contributed by atoms with van der Waals surface area (Å²) in [5.41, 5.74) is 4.79. The molecule has 0 atom stereocenters. The standard InChI is InChI=1S/C27H28N4O3/c32-25(23-15-22(29-30-23)18-8-9-24-19(14-18)10-13-34-24)28-17-27(11-4-1-5-12-27)31-16-20-6-2-3-7-21(20)26(31)33/h2-3,6-9,14-15H,1,4-5,10-13,16-17H2,(H,28,32)(H,29,30). The van der Waals surface area contributed by atoms with Gasteiger partial charge in [0.1, 0.15) is 11.4 Å². The molecule has 0 bridgehead atoms. The molecule has 2 amide bonds. The number of aromatic amines is 1. The van der Waals surface area contributed by atoms with Crippen LogP contribution in [0.3, 0.4) is 0 Å². The van der Waals surface area contributed by atoms with Gasteiger partial charge < -0.3 is 15.0 Å². The molecule has 1 fully saturated rings. The Hall–Kier alpha value is -3.61. The van der Waals surface area contributed by atoms with Gasteiger partial charge in [-0.2, -0.15) is 5.10 Å². The van der Waals surface area contributed by atoms with E-state index < -0.39 is 0 Å². The predicted molar refractivity (Wildman–Crippen MR) is 128 cm³/mol. The number of nitrogens with zero attached hydrogens (tertiary/aromatic N) is 2. The van der Waals surface area contributed by atoms with Gasteiger partial charge in [0, 0.05) is 30.6 Å². The molecule has 0 spiro atoms. The van der Waals surface area contributed by atoms with Crippen LogP contribution in [0, 0.1) is 0 Å². The number of hydrogen-bond donors (Lipinski definition) is 2. The zero-order valence-electron chi connectivity index (χ0n) is 19.1. The fourth-order valence-corrected chi connectivity index (χ4v) is 5.66. The van der Waals surface area contributed by atoms with Crippen LogP contribution in [0.4, 0.5) is 0 Å². The summed E-state index contributed by atoms with van der Waals surface area (Å²) in [7, 11) is 0. The third-order valence-corrected chi connectivity index (χ3v) is 7.56. The van der Waals surface area contributed by atoms with E-state index >= 15 is 0 Å². The van der Waals surface area contributed by atoms with Crippen molar-refractivity contribution in [3.05, 3.63) is 70.9 Å².